The van der Waals surface area contributed by atoms with Crippen molar-refractivity contribution in [2.45, 2.75) is 37.5 Å². The molecule has 2 aliphatic heterocycles. The molecule has 5 rings (SSSR count). The van der Waals surface area contributed by atoms with E-state index < -0.39 is 5.41 Å². The smallest absolute Gasteiger partial charge is 0.230 e. The molecule has 0 atom stereocenters. The van der Waals surface area contributed by atoms with E-state index in [1.807, 2.05) is 41.3 Å². The number of amides is 2. The van der Waals surface area contributed by atoms with Gasteiger partial charge in [-0.25, -0.2) is 0 Å². The fraction of sp³-hybridized carbons (Fsp3) is 0.481. The number of piperazine rings is 1. The van der Waals surface area contributed by atoms with Gasteiger partial charge in [-0.15, -0.1) is 0 Å². The Hall–Kier alpha value is -3.22. The predicted molar refractivity (Wildman–Crippen MR) is 130 cm³/mol. The van der Waals surface area contributed by atoms with Crippen LogP contribution in [0.25, 0.3) is 0 Å². The first-order valence-corrected chi connectivity index (χ1v) is 12.4. The number of anilines is 1. The average Bonchev–Trinajstić information content (AvgIpc) is 3.40. The van der Waals surface area contributed by atoms with Crippen LogP contribution in [0.5, 0.6) is 11.5 Å². The zero-order valence-electron chi connectivity index (χ0n) is 19.6. The van der Waals surface area contributed by atoms with Gasteiger partial charge in [-0.05, 0) is 42.7 Å². The second-order valence-corrected chi connectivity index (χ2v) is 9.36. The maximum Gasteiger partial charge on any atom is 0.230 e. The van der Waals surface area contributed by atoms with E-state index in [4.69, 9.17) is 9.47 Å². The molecule has 1 saturated heterocycles. The molecule has 0 bridgehead atoms. The molecular weight excluding hydrogens is 430 g/mol. The van der Waals surface area contributed by atoms with Crippen LogP contribution in [-0.2, 0) is 15.0 Å². The van der Waals surface area contributed by atoms with Gasteiger partial charge in [-0.2, -0.15) is 0 Å². The maximum atomic E-state index is 13.4. The molecule has 0 aromatic heterocycles. The molecule has 7 nitrogen and oxygen atoms in total. The quantitative estimate of drug-likeness (QED) is 0.713. The van der Waals surface area contributed by atoms with Crippen molar-refractivity contribution in [1.82, 2.24) is 10.2 Å². The normalized spacial score (nSPS) is 19.1. The summed E-state index contributed by atoms with van der Waals surface area (Å²) in [6, 6.07) is 16.2. The predicted octanol–water partition coefficient (Wildman–Crippen LogP) is 3.12. The Morgan fingerprint density at radius 3 is 2.32 bits per heavy atom. The number of rotatable bonds is 6. The number of carbonyl (C=O) groups is 2. The summed E-state index contributed by atoms with van der Waals surface area (Å²) in [7, 11) is 0. The molecular formula is C27H33N3O4. The summed E-state index contributed by atoms with van der Waals surface area (Å²) in [4.78, 5) is 30.4. The summed E-state index contributed by atoms with van der Waals surface area (Å²) in [5.74, 6) is 1.57. The van der Waals surface area contributed by atoms with E-state index in [2.05, 4.69) is 22.3 Å². The lowest BCUT2D eigenvalue weighted by Crippen LogP contribution is -2.49. The highest BCUT2D eigenvalue weighted by Crippen LogP contribution is 2.44. The van der Waals surface area contributed by atoms with Crippen molar-refractivity contribution in [1.29, 1.82) is 0 Å². The molecule has 0 unspecified atom stereocenters. The zero-order chi connectivity index (χ0) is 23.4. The first-order chi connectivity index (χ1) is 16.7. The van der Waals surface area contributed by atoms with E-state index in [0.717, 1.165) is 50.1 Å². The van der Waals surface area contributed by atoms with E-state index in [1.165, 1.54) is 5.69 Å². The lowest BCUT2D eigenvalue weighted by molar-refractivity contribution is -0.131. The van der Waals surface area contributed by atoms with Gasteiger partial charge in [-0.1, -0.05) is 37.1 Å². The van der Waals surface area contributed by atoms with E-state index in [-0.39, 0.29) is 11.8 Å². The van der Waals surface area contributed by atoms with Gasteiger partial charge >= 0.3 is 0 Å². The Kier molecular flexibility index (Phi) is 6.61. The van der Waals surface area contributed by atoms with Crippen molar-refractivity contribution in [2.75, 3.05) is 50.8 Å². The fourth-order valence-corrected chi connectivity index (χ4v) is 5.43. The van der Waals surface area contributed by atoms with Crippen molar-refractivity contribution < 1.29 is 19.1 Å². The second kappa shape index (κ2) is 9.95. The van der Waals surface area contributed by atoms with E-state index >= 15 is 0 Å². The molecule has 34 heavy (non-hydrogen) atoms. The minimum Gasteiger partial charge on any atom is -0.486 e. The van der Waals surface area contributed by atoms with Gasteiger partial charge in [0, 0.05) is 44.8 Å². The number of nitrogens with zero attached hydrogens (tertiary/aromatic N) is 2. The minimum atomic E-state index is -0.555. The highest BCUT2D eigenvalue weighted by molar-refractivity contribution is 5.89. The highest BCUT2D eigenvalue weighted by atomic mass is 16.6. The largest absolute Gasteiger partial charge is 0.486 e. The molecule has 2 aromatic carbocycles. The first kappa shape index (κ1) is 22.6. The number of carbonyl (C=O) groups excluding carboxylic acids is 2. The number of hydrogen-bond donors (Lipinski definition) is 1. The van der Waals surface area contributed by atoms with Crippen LogP contribution >= 0.6 is 0 Å². The number of para-hydroxylation sites is 1. The van der Waals surface area contributed by atoms with Gasteiger partial charge in [0.1, 0.15) is 13.2 Å². The Balaban J connectivity index is 1.15. The molecule has 180 valence electrons. The summed E-state index contributed by atoms with van der Waals surface area (Å²) < 4.78 is 11.4. The first-order valence-electron chi connectivity index (χ1n) is 12.4. The summed E-state index contributed by atoms with van der Waals surface area (Å²) in [6.45, 7) is 4.52. The van der Waals surface area contributed by atoms with Crippen molar-refractivity contribution in [3.8, 4) is 11.5 Å². The summed E-state index contributed by atoms with van der Waals surface area (Å²) in [6.07, 6.45) is 4.00. The number of nitrogens with one attached hydrogen (secondary N) is 1. The molecule has 7 heteroatoms. The summed E-state index contributed by atoms with van der Waals surface area (Å²) in [5, 5.41) is 3.08. The molecule has 2 heterocycles. The summed E-state index contributed by atoms with van der Waals surface area (Å²) >= 11 is 0. The molecule has 1 N–H and O–H groups in total. The van der Waals surface area contributed by atoms with Gasteiger partial charge in [0.2, 0.25) is 11.8 Å². The van der Waals surface area contributed by atoms with Crippen LogP contribution in [-0.4, -0.2) is 62.7 Å². The van der Waals surface area contributed by atoms with Crippen molar-refractivity contribution in [3.63, 3.8) is 0 Å². The van der Waals surface area contributed by atoms with Crippen LogP contribution in [0.15, 0.2) is 48.5 Å². The zero-order valence-corrected chi connectivity index (χ0v) is 19.6. The second-order valence-electron chi connectivity index (χ2n) is 9.36. The third kappa shape index (κ3) is 4.56. The monoisotopic (exact) mass is 463 g/mol. The Morgan fingerprint density at radius 1 is 0.882 bits per heavy atom. The van der Waals surface area contributed by atoms with Crippen LogP contribution in [0.1, 0.15) is 37.7 Å². The maximum absolute atomic E-state index is 13.4. The van der Waals surface area contributed by atoms with E-state index in [1.54, 1.807) is 0 Å². The standard InChI is InChI=1S/C27H33N3O4/c31-25(30-16-14-29(15-17-30)22-6-2-1-3-7-22)10-13-28-26(32)27(11-4-5-12-27)21-8-9-23-24(20-21)34-19-18-33-23/h1-3,6-9,20H,4-5,10-19H2,(H,28,32). The summed E-state index contributed by atoms with van der Waals surface area (Å²) in [5.41, 5.74) is 1.62. The van der Waals surface area contributed by atoms with Gasteiger partial charge in [-0.3, -0.25) is 9.59 Å². The number of hydrogen-bond acceptors (Lipinski definition) is 5. The minimum absolute atomic E-state index is 0.0170. The Bertz CT molecular complexity index is 1010. The third-order valence-corrected chi connectivity index (χ3v) is 7.36. The third-order valence-electron chi connectivity index (χ3n) is 7.36. The Labute approximate surface area is 201 Å². The molecule has 3 aliphatic rings. The number of ether oxygens (including phenoxy) is 2. The lowest BCUT2D eigenvalue weighted by atomic mass is 9.77. The van der Waals surface area contributed by atoms with Crippen molar-refractivity contribution >= 4 is 17.5 Å². The van der Waals surface area contributed by atoms with Crippen LogP contribution < -0.4 is 19.7 Å². The topological polar surface area (TPSA) is 71.1 Å². The van der Waals surface area contributed by atoms with Crippen molar-refractivity contribution in [3.05, 3.63) is 54.1 Å². The number of benzene rings is 2. The molecule has 1 saturated carbocycles. The van der Waals surface area contributed by atoms with E-state index in [9.17, 15) is 9.59 Å². The van der Waals surface area contributed by atoms with Crippen LogP contribution in [0.2, 0.25) is 0 Å². The fourth-order valence-electron chi connectivity index (χ4n) is 5.43. The van der Waals surface area contributed by atoms with Gasteiger partial charge in [0.05, 0.1) is 5.41 Å². The lowest BCUT2D eigenvalue weighted by Gasteiger charge is -2.36. The molecule has 1 aliphatic carbocycles. The molecule has 2 amide bonds. The van der Waals surface area contributed by atoms with Crippen molar-refractivity contribution in [2.24, 2.45) is 0 Å². The number of fused-ring (bicyclic) bond motifs is 1. The van der Waals surface area contributed by atoms with Crippen LogP contribution in [0.3, 0.4) is 0 Å². The van der Waals surface area contributed by atoms with Crippen LogP contribution in [0.4, 0.5) is 5.69 Å². The molecule has 2 fully saturated rings. The Morgan fingerprint density at radius 2 is 1.59 bits per heavy atom. The molecule has 0 spiro atoms. The van der Waals surface area contributed by atoms with Crippen LogP contribution in [0, 0.1) is 0 Å². The molecule has 0 radical (unpaired) electrons. The highest BCUT2D eigenvalue weighted by Gasteiger charge is 2.43. The average molecular weight is 464 g/mol. The SMILES string of the molecule is O=C(CCNC(=O)C1(c2ccc3c(c2)OCCO3)CCCC1)N1CCN(c2ccccc2)CC1. The van der Waals surface area contributed by atoms with E-state index in [0.29, 0.717) is 45.0 Å². The molecule has 2 aromatic rings. The van der Waals surface area contributed by atoms with Gasteiger partial charge < -0.3 is 24.6 Å². The van der Waals surface area contributed by atoms with Gasteiger partial charge in [0.15, 0.2) is 11.5 Å². The van der Waals surface area contributed by atoms with Gasteiger partial charge in [0.25, 0.3) is 0 Å².